The molecule has 6 heteroatoms. The van der Waals surface area contributed by atoms with Crippen LogP contribution in [0, 0.1) is 24.8 Å². The van der Waals surface area contributed by atoms with Gasteiger partial charge in [-0.25, -0.2) is 0 Å². The molecule has 1 atom stereocenters. The van der Waals surface area contributed by atoms with Crippen LogP contribution in [0.2, 0.25) is 0 Å². The average Bonchev–Trinajstić information content (AvgIpc) is 3.17. The summed E-state index contributed by atoms with van der Waals surface area (Å²) in [6, 6.07) is 0. The second-order valence-electron chi connectivity index (χ2n) is 9.02. The van der Waals surface area contributed by atoms with Crippen LogP contribution in [-0.4, -0.2) is 21.2 Å². The molecule has 0 saturated carbocycles. The maximum atomic E-state index is 10.1. The van der Waals surface area contributed by atoms with Gasteiger partial charge < -0.3 is 6.42 Å². The van der Waals surface area contributed by atoms with Gasteiger partial charge in [-0.1, -0.05) is 189 Å². The quantitative estimate of drug-likeness (QED) is 0.118. The first-order chi connectivity index (χ1) is 24.2. The Balaban J connectivity index is -0.0000000227. The van der Waals surface area contributed by atoms with Crippen molar-refractivity contribution in [1.29, 1.82) is 0 Å². The molecule has 0 amide bonds. The molecule has 0 aromatic heterocycles. The molecular weight excluding hydrogens is 951 g/mol. The first kappa shape index (κ1) is 99.2. The summed E-state index contributed by atoms with van der Waals surface area (Å²) in [6.45, 7) is 72.1. The van der Waals surface area contributed by atoms with Crippen molar-refractivity contribution >= 4 is 40.4 Å². The summed E-state index contributed by atoms with van der Waals surface area (Å²) < 4.78 is 1.40. The number of carbonyl (C=O) groups excluding carboxylic acids is 1. The van der Waals surface area contributed by atoms with E-state index in [4.69, 9.17) is 17.8 Å². The zero-order chi connectivity index (χ0) is 47.2. The maximum absolute atomic E-state index is 10.1. The normalized spacial score (nSPS) is 7.77. The summed E-state index contributed by atoms with van der Waals surface area (Å²) in [5.74, 6) is 1.23. The van der Waals surface area contributed by atoms with Crippen LogP contribution < -0.4 is 0 Å². The molecule has 333 valence electrons. The third-order valence-electron chi connectivity index (χ3n) is 4.14. The van der Waals surface area contributed by atoms with Crippen LogP contribution in [0.25, 0.3) is 0 Å². The third-order valence-corrected chi connectivity index (χ3v) is 7.78. The molecule has 0 heterocycles. The van der Waals surface area contributed by atoms with Gasteiger partial charge in [-0.2, -0.15) is 12.8 Å². The van der Waals surface area contributed by atoms with Gasteiger partial charge in [0.25, 0.3) is 0 Å². The molecule has 1 nitrogen and oxygen atoms in total. The van der Waals surface area contributed by atoms with Crippen LogP contribution in [-0.2, 0) is 61.3 Å². The third kappa shape index (κ3) is 242. The Hall–Kier alpha value is 0.862. The van der Waals surface area contributed by atoms with Crippen LogP contribution in [0.15, 0.2) is 28.4 Å². The Morgan fingerprint density at radius 1 is 0.615 bits per heavy atom. The van der Waals surface area contributed by atoms with E-state index in [1.165, 1.54) is 40.0 Å². The second-order valence-corrected chi connectivity index (χ2v) is 14.7. The molecule has 1 unspecified atom stereocenters. The van der Waals surface area contributed by atoms with Crippen molar-refractivity contribution < 1.29 is 40.7 Å². The Kier molecular flexibility index (Phi) is 237. The Morgan fingerprint density at radius 3 is 0.788 bits per heavy atom. The Morgan fingerprint density at radius 2 is 0.769 bits per heavy atom. The van der Waals surface area contributed by atoms with Crippen molar-refractivity contribution in [3.63, 3.8) is 0 Å². The molecule has 0 bridgehead atoms. The molecule has 0 aliphatic carbocycles. The minimum absolute atomic E-state index is 0.213. The summed E-state index contributed by atoms with van der Waals surface area (Å²) in [5.41, 5.74) is 5.03. The van der Waals surface area contributed by atoms with Crippen LogP contribution in [0.5, 0.6) is 0 Å². The molecule has 52 heavy (non-hydrogen) atoms. The van der Waals surface area contributed by atoms with Gasteiger partial charge in [0.2, 0.25) is 0 Å². The van der Waals surface area contributed by atoms with Crippen molar-refractivity contribution in [2.24, 2.45) is 11.8 Å². The van der Waals surface area contributed by atoms with Gasteiger partial charge in [-0.05, 0) is 40.9 Å². The fraction of sp³-hybridized carbons (Fsp3) is 0.804. The summed E-state index contributed by atoms with van der Waals surface area (Å²) in [5, 5.41) is 0.694. The first-order valence-electron chi connectivity index (χ1n) is 20.4. The fourth-order valence-corrected chi connectivity index (χ4v) is 0.655. The van der Waals surface area contributed by atoms with Crippen molar-refractivity contribution in [2.75, 3.05) is 6.26 Å². The SMILES string of the molecule is CC.CC.CC.CC.CC.CC.CC.CC.CC.CC(=O)C(C)C.CC(C)=C(C)C.CC(C)S(C)=S.C[CH-]C(C)C.[CH-]=C(C)C=C(C)[C](C)=[W].[S]=[Rh]. The molecule has 0 aliphatic rings. The van der Waals surface area contributed by atoms with E-state index in [2.05, 4.69) is 116 Å². The standard InChI is InChI=1S/C8H11.C6H12.C5H10O.C5H11.C4H10S2.9C2H6.Rh.S.W/c1-5-8(4)6-7(2)3;1-5(2)6(3)4;1-4(2)5(3)6;1-4-5(2)3;1-4(2)6(3)5;9*1-2;;;/h2,6H,1,3-4H3;1-4H3;4H,1-3H3;4-5H,1-3H3;4H,1-3H3;9*1-2H3;;;/q-1;;;-1;;;;;;;;;;;;;. The summed E-state index contributed by atoms with van der Waals surface area (Å²) in [7, 11) is 4.19. The Bertz CT molecular complexity index is 587. The number of hydrogen-bond acceptors (Lipinski definition) is 3. The van der Waals surface area contributed by atoms with Gasteiger partial charge in [0.15, 0.2) is 0 Å². The predicted octanol–water partition coefficient (Wildman–Crippen LogP) is 18.5. The number of carbonyl (C=O) groups is 1. The van der Waals surface area contributed by atoms with E-state index in [0.717, 1.165) is 11.5 Å². The molecule has 0 fully saturated rings. The van der Waals surface area contributed by atoms with Gasteiger partial charge in [0, 0.05) is 11.2 Å². The number of rotatable bonds is 5. The Labute approximate surface area is 371 Å². The molecule has 0 aromatic carbocycles. The van der Waals surface area contributed by atoms with Crippen molar-refractivity contribution in [3.05, 3.63) is 41.4 Å². The molecule has 0 spiro atoms. The predicted molar refractivity (Wildman–Crippen MR) is 263 cm³/mol. The van der Waals surface area contributed by atoms with Crippen molar-refractivity contribution in [3.8, 4) is 0 Å². The molecule has 0 saturated heterocycles. The van der Waals surface area contributed by atoms with Gasteiger partial charge in [-0.3, -0.25) is 4.79 Å². The molecule has 0 aliphatic heterocycles. The van der Waals surface area contributed by atoms with Gasteiger partial charge in [0.05, 0.1) is 0 Å². The fourth-order valence-electron chi connectivity index (χ4n) is 0.443. The molecule has 0 radical (unpaired) electrons. The number of ketones is 1. The van der Waals surface area contributed by atoms with E-state index in [-0.39, 0.29) is 21.2 Å². The van der Waals surface area contributed by atoms with Crippen LogP contribution >= 0.6 is 10.1 Å². The topological polar surface area (TPSA) is 17.1 Å². The van der Waals surface area contributed by atoms with Gasteiger partial charge in [0.1, 0.15) is 5.78 Å². The number of hydrogen-bond donors (Lipinski definition) is 0. The summed E-state index contributed by atoms with van der Waals surface area (Å²) in [4.78, 5) is 10.1. The van der Waals surface area contributed by atoms with E-state index < -0.39 is 0 Å². The van der Waals surface area contributed by atoms with Crippen LogP contribution in [0.4, 0.5) is 0 Å². The van der Waals surface area contributed by atoms with Crippen molar-refractivity contribution in [1.82, 2.24) is 0 Å². The van der Waals surface area contributed by atoms with Crippen LogP contribution in [0.3, 0.4) is 0 Å². The van der Waals surface area contributed by atoms with Gasteiger partial charge >= 0.3 is 94.5 Å². The molecule has 0 rings (SSSR count). The zero-order valence-electron chi connectivity index (χ0n) is 42.8. The molecule has 0 aromatic rings. The van der Waals surface area contributed by atoms with Gasteiger partial charge in [-0.15, -0.1) is 9.45 Å². The van der Waals surface area contributed by atoms with E-state index in [0.29, 0.717) is 5.25 Å². The molecule has 0 N–H and O–H groups in total. The summed E-state index contributed by atoms with van der Waals surface area (Å²) in [6.07, 6.45) is 6.25. The first-order valence-corrected chi connectivity index (χ1v) is 26.8. The van der Waals surface area contributed by atoms with Crippen LogP contribution in [0.1, 0.15) is 228 Å². The van der Waals surface area contributed by atoms with E-state index in [1.54, 1.807) is 6.92 Å². The van der Waals surface area contributed by atoms with E-state index in [1.807, 2.05) is 151 Å². The van der Waals surface area contributed by atoms with Crippen molar-refractivity contribution in [2.45, 2.75) is 234 Å². The number of allylic oxidation sites excluding steroid dienone is 5. The van der Waals surface area contributed by atoms with E-state index in [9.17, 15) is 4.79 Å². The number of Topliss-reactive ketones (excluding diaryl/α,β-unsaturated/α-hetero) is 1. The van der Waals surface area contributed by atoms with E-state index >= 15 is 0 Å². The second kappa shape index (κ2) is 124. The monoisotopic (exact) mass is 1060 g/mol. The zero-order valence-corrected chi connectivity index (χ0v) is 49.9. The summed E-state index contributed by atoms with van der Waals surface area (Å²) >= 11 is 8.58. The average molecular weight is 1060 g/mol. The molecular formula is C46H108ORhS3W-2. The minimum atomic E-state index is 0.213.